The molecule has 3 aromatic rings. The molecule has 1 heterocycles. The van der Waals surface area contributed by atoms with E-state index in [0.29, 0.717) is 27.1 Å². The van der Waals surface area contributed by atoms with Gasteiger partial charge in [-0.25, -0.2) is 4.90 Å². The molecule has 0 saturated carbocycles. The number of nitrogens with one attached hydrogen (secondary N) is 1. The molecular weight excluding hydrogens is 420 g/mol. The quantitative estimate of drug-likeness (QED) is 0.529. The first kappa shape index (κ1) is 20.1. The topological polar surface area (TPSA) is 58.6 Å². The molecule has 0 atom stereocenters. The van der Waals surface area contributed by atoms with E-state index in [1.54, 1.807) is 55.6 Å². The number of ether oxygens (including phenoxy) is 1. The van der Waals surface area contributed by atoms with Crippen LogP contribution in [0.15, 0.2) is 94.4 Å². The van der Waals surface area contributed by atoms with Gasteiger partial charge in [0, 0.05) is 15.6 Å². The van der Waals surface area contributed by atoms with Crippen molar-refractivity contribution in [3.63, 3.8) is 0 Å². The van der Waals surface area contributed by atoms with Crippen molar-refractivity contribution in [1.82, 2.24) is 0 Å². The van der Waals surface area contributed by atoms with E-state index in [9.17, 15) is 9.59 Å². The summed E-state index contributed by atoms with van der Waals surface area (Å²) in [6.07, 6.45) is 0. The number of anilines is 2. The number of hydrogen-bond acceptors (Lipinski definition) is 5. The fourth-order valence-electron chi connectivity index (χ4n) is 2.96. The fraction of sp³-hybridized carbons (Fsp3) is 0.0435. The van der Waals surface area contributed by atoms with Gasteiger partial charge in [-0.15, -0.1) is 0 Å². The normalized spacial score (nSPS) is 13.7. The molecule has 0 radical (unpaired) electrons. The van der Waals surface area contributed by atoms with Gasteiger partial charge in [-0.2, -0.15) is 0 Å². The molecule has 0 aliphatic carbocycles. The lowest BCUT2D eigenvalue weighted by atomic mass is 10.2. The number of benzene rings is 3. The number of carbonyl (C=O) groups excluding carboxylic acids is 2. The Morgan fingerprint density at radius 2 is 1.53 bits per heavy atom. The van der Waals surface area contributed by atoms with E-state index < -0.39 is 5.91 Å². The Hall–Kier alpha value is -3.22. The third-order valence-electron chi connectivity index (χ3n) is 4.45. The van der Waals surface area contributed by atoms with Crippen LogP contribution in [0, 0.1) is 0 Å². The van der Waals surface area contributed by atoms with E-state index in [2.05, 4.69) is 5.32 Å². The number of halogens is 1. The van der Waals surface area contributed by atoms with Crippen molar-refractivity contribution in [3.8, 4) is 5.75 Å². The number of thioether (sulfide) groups is 1. The van der Waals surface area contributed by atoms with Crippen molar-refractivity contribution in [3.05, 3.63) is 94.5 Å². The molecule has 1 aliphatic heterocycles. The second-order valence-electron chi connectivity index (χ2n) is 6.39. The Morgan fingerprint density at radius 1 is 0.867 bits per heavy atom. The minimum Gasteiger partial charge on any atom is -0.497 e. The van der Waals surface area contributed by atoms with Crippen LogP contribution in [0.2, 0.25) is 5.02 Å². The van der Waals surface area contributed by atoms with Crippen LogP contribution >= 0.6 is 23.4 Å². The van der Waals surface area contributed by atoms with Crippen molar-refractivity contribution >= 4 is 46.6 Å². The molecule has 7 heteroatoms. The van der Waals surface area contributed by atoms with Crippen LogP contribution in [0.25, 0.3) is 0 Å². The lowest BCUT2D eigenvalue weighted by molar-refractivity contribution is -0.120. The van der Waals surface area contributed by atoms with Gasteiger partial charge in [-0.1, -0.05) is 41.6 Å². The first-order valence-electron chi connectivity index (χ1n) is 9.09. The van der Waals surface area contributed by atoms with E-state index in [-0.39, 0.29) is 11.6 Å². The average molecular weight is 437 g/mol. The third kappa shape index (κ3) is 4.06. The molecule has 0 spiro atoms. The molecule has 30 heavy (non-hydrogen) atoms. The van der Waals surface area contributed by atoms with Gasteiger partial charge < -0.3 is 10.1 Å². The Morgan fingerprint density at radius 3 is 2.17 bits per heavy atom. The number of carbonyl (C=O) groups is 2. The van der Waals surface area contributed by atoms with Gasteiger partial charge in [0.15, 0.2) is 0 Å². The summed E-state index contributed by atoms with van der Waals surface area (Å²) in [4.78, 5) is 28.9. The van der Waals surface area contributed by atoms with Gasteiger partial charge in [0.05, 0.1) is 12.8 Å². The first-order chi connectivity index (χ1) is 14.6. The molecule has 5 nitrogen and oxygen atoms in total. The van der Waals surface area contributed by atoms with Gasteiger partial charge in [0.2, 0.25) is 0 Å². The maximum atomic E-state index is 13.3. The monoisotopic (exact) mass is 436 g/mol. The highest BCUT2D eigenvalue weighted by molar-refractivity contribution is 8.04. The van der Waals surface area contributed by atoms with Crippen LogP contribution in [-0.4, -0.2) is 18.9 Å². The second-order valence-corrected chi connectivity index (χ2v) is 7.92. The highest BCUT2D eigenvalue weighted by Crippen LogP contribution is 2.38. The molecule has 3 aromatic carbocycles. The number of methoxy groups -OCH3 is 1. The molecule has 150 valence electrons. The maximum absolute atomic E-state index is 13.3. The average Bonchev–Trinajstić information content (AvgIpc) is 3.00. The molecule has 0 fully saturated rings. The van der Waals surface area contributed by atoms with Gasteiger partial charge in [0.1, 0.15) is 16.4 Å². The molecule has 0 bridgehead atoms. The molecule has 4 rings (SSSR count). The van der Waals surface area contributed by atoms with E-state index in [4.69, 9.17) is 16.3 Å². The summed E-state index contributed by atoms with van der Waals surface area (Å²) < 4.78 is 5.17. The predicted octanol–water partition coefficient (Wildman–Crippen LogP) is 5.34. The van der Waals surface area contributed by atoms with Crippen molar-refractivity contribution in [2.45, 2.75) is 4.90 Å². The molecule has 2 amide bonds. The zero-order valence-corrected chi connectivity index (χ0v) is 17.5. The Kier molecular flexibility index (Phi) is 5.79. The van der Waals surface area contributed by atoms with Crippen LogP contribution in [-0.2, 0) is 9.59 Å². The standard InChI is InChI=1S/C23H17ClN2O3S/c1-29-18-13-11-17(12-14-18)26-22(27)20(25-16-9-7-15(24)8-10-16)21(23(26)28)30-19-5-3-2-4-6-19/h2-14,25H,1H3. The summed E-state index contributed by atoms with van der Waals surface area (Å²) in [5, 5.41) is 3.69. The van der Waals surface area contributed by atoms with Crippen LogP contribution in [0.5, 0.6) is 5.75 Å². The largest absolute Gasteiger partial charge is 0.497 e. The van der Waals surface area contributed by atoms with E-state index in [1.807, 2.05) is 30.3 Å². The molecule has 0 aromatic heterocycles. The molecule has 0 unspecified atom stereocenters. The predicted molar refractivity (Wildman–Crippen MR) is 120 cm³/mol. The van der Waals surface area contributed by atoms with E-state index >= 15 is 0 Å². The summed E-state index contributed by atoms with van der Waals surface area (Å²) in [6, 6.07) is 23.2. The fourth-order valence-corrected chi connectivity index (χ4v) is 4.04. The number of rotatable bonds is 6. The molecule has 1 aliphatic rings. The highest BCUT2D eigenvalue weighted by atomic mass is 35.5. The van der Waals surface area contributed by atoms with Gasteiger partial charge in [-0.05, 0) is 60.7 Å². The second kappa shape index (κ2) is 8.65. The highest BCUT2D eigenvalue weighted by Gasteiger charge is 2.40. The van der Waals surface area contributed by atoms with Crippen LogP contribution < -0.4 is 15.0 Å². The van der Waals surface area contributed by atoms with Crippen molar-refractivity contribution in [2.75, 3.05) is 17.3 Å². The minimum absolute atomic E-state index is 0.229. The summed E-state index contributed by atoms with van der Waals surface area (Å²) in [7, 11) is 1.56. The zero-order chi connectivity index (χ0) is 21.1. The summed E-state index contributed by atoms with van der Waals surface area (Å²) >= 11 is 7.21. The zero-order valence-electron chi connectivity index (χ0n) is 16.0. The summed E-state index contributed by atoms with van der Waals surface area (Å²) in [6.45, 7) is 0. The van der Waals surface area contributed by atoms with Crippen molar-refractivity contribution in [2.24, 2.45) is 0 Å². The maximum Gasteiger partial charge on any atom is 0.283 e. The van der Waals surface area contributed by atoms with Gasteiger partial charge in [-0.3, -0.25) is 9.59 Å². The van der Waals surface area contributed by atoms with Crippen molar-refractivity contribution < 1.29 is 14.3 Å². The lowest BCUT2D eigenvalue weighted by Crippen LogP contribution is -2.32. The first-order valence-corrected chi connectivity index (χ1v) is 10.3. The number of imide groups is 1. The molecule has 0 saturated heterocycles. The smallest absolute Gasteiger partial charge is 0.283 e. The Bertz CT molecular complexity index is 1110. The van der Waals surface area contributed by atoms with E-state index in [0.717, 1.165) is 4.90 Å². The van der Waals surface area contributed by atoms with E-state index in [1.165, 1.54) is 16.7 Å². The van der Waals surface area contributed by atoms with Gasteiger partial charge in [0.25, 0.3) is 11.8 Å². The lowest BCUT2D eigenvalue weighted by Gasteiger charge is -2.15. The molecule has 1 N–H and O–H groups in total. The summed E-state index contributed by atoms with van der Waals surface area (Å²) in [5.41, 5.74) is 1.37. The van der Waals surface area contributed by atoms with Crippen molar-refractivity contribution in [1.29, 1.82) is 0 Å². The SMILES string of the molecule is COc1ccc(N2C(=O)C(Nc3ccc(Cl)cc3)=C(Sc3ccccc3)C2=O)cc1. The Balaban J connectivity index is 1.72. The van der Waals surface area contributed by atoms with Crippen LogP contribution in [0.3, 0.4) is 0 Å². The molecular formula is C23H17ClN2O3S. The number of amides is 2. The van der Waals surface area contributed by atoms with Crippen LogP contribution in [0.1, 0.15) is 0 Å². The minimum atomic E-state index is -0.418. The number of hydrogen-bond donors (Lipinski definition) is 1. The number of nitrogens with zero attached hydrogens (tertiary/aromatic N) is 1. The summed E-state index contributed by atoms with van der Waals surface area (Å²) in [5.74, 6) is -0.154. The van der Waals surface area contributed by atoms with Crippen LogP contribution in [0.4, 0.5) is 11.4 Å². The van der Waals surface area contributed by atoms with Gasteiger partial charge >= 0.3 is 0 Å². The third-order valence-corrected chi connectivity index (χ3v) is 5.79. The Labute approximate surface area is 183 Å².